The summed E-state index contributed by atoms with van der Waals surface area (Å²) < 4.78 is 21.6. The number of oxazole rings is 1. The molecule has 6 N–H and O–H groups in total. The van der Waals surface area contributed by atoms with E-state index in [2.05, 4.69) is 16.0 Å². The topological polar surface area (TPSA) is 226 Å². The Morgan fingerprint density at radius 2 is 1.70 bits per heavy atom. The second-order valence-electron chi connectivity index (χ2n) is 9.66. The van der Waals surface area contributed by atoms with Crippen LogP contribution in [0.5, 0.6) is 5.75 Å². The highest BCUT2D eigenvalue weighted by atomic mass is 35.5. The van der Waals surface area contributed by atoms with Crippen LogP contribution in [0.1, 0.15) is 23.7 Å². The molecule has 2 aromatic heterocycles. The summed E-state index contributed by atoms with van der Waals surface area (Å²) in [6.07, 6.45) is 0.570. The van der Waals surface area contributed by atoms with Crippen molar-refractivity contribution in [1.82, 2.24) is 9.97 Å². The molecule has 0 aliphatic rings. The number of carbonyl (C=O) groups excluding carboxylic acids is 2. The number of carbonyl (C=O) groups is 2. The van der Waals surface area contributed by atoms with Crippen LogP contribution in [0.15, 0.2) is 64.2 Å². The summed E-state index contributed by atoms with van der Waals surface area (Å²) in [4.78, 5) is 32.3. The number of hydrogen-bond donors (Lipinski definition) is 3. The lowest BCUT2D eigenvalue weighted by Gasteiger charge is -2.19. The lowest BCUT2D eigenvalue weighted by molar-refractivity contribution is -0.160. The van der Waals surface area contributed by atoms with E-state index in [4.69, 9.17) is 47.4 Å². The maximum atomic E-state index is 11.8. The van der Waals surface area contributed by atoms with Gasteiger partial charge in [-0.2, -0.15) is 10.5 Å². The number of thioether (sulfide) groups is 1. The second-order valence-corrected chi connectivity index (χ2v) is 11.1. The lowest BCUT2D eigenvalue weighted by atomic mass is 9.97. The molecule has 4 aromatic rings. The number of pyridine rings is 1. The molecule has 15 heteroatoms. The highest BCUT2D eigenvalue weighted by Crippen LogP contribution is 2.37. The molecule has 0 saturated carbocycles. The Balaban J connectivity index is 1.52. The number of anilines is 1. The zero-order chi connectivity index (χ0) is 33.2. The molecule has 236 valence electrons. The summed E-state index contributed by atoms with van der Waals surface area (Å²) in [5.74, 6) is -0.315. The maximum Gasteiger partial charge on any atom is 0.322 e. The van der Waals surface area contributed by atoms with Crippen molar-refractivity contribution in [3.05, 3.63) is 76.6 Å². The van der Waals surface area contributed by atoms with Crippen LogP contribution in [0, 0.1) is 22.7 Å². The maximum absolute atomic E-state index is 11.8. The molecule has 0 radical (unpaired) electrons. The Hall–Kier alpha value is -5.12. The number of esters is 2. The number of halogens is 1. The normalized spacial score (nSPS) is 12.0. The molecule has 13 nitrogen and oxygen atoms in total. The SMILES string of the molecule is C[C@H](N)C(=O)OC[C@H](COc1ccc(-c2c(C#N)c(N)nc(SCc3coc(-c4ccc(Cl)cc4)n3)c2C#N)cc1)OC(=O)CN. The molecule has 0 amide bonds. The molecule has 0 saturated heterocycles. The Morgan fingerprint density at radius 1 is 1.02 bits per heavy atom. The quantitative estimate of drug-likeness (QED) is 0.137. The molecule has 0 aliphatic carbocycles. The first-order valence-corrected chi connectivity index (χ1v) is 15.0. The van der Waals surface area contributed by atoms with Crippen molar-refractivity contribution >= 4 is 41.1 Å². The zero-order valence-corrected chi connectivity index (χ0v) is 26.0. The standard InChI is InChI=1S/C31H28ClN7O6S/c1-17(36)31(41)44-15-23(45-26(40)12-35)14-42-22-8-4-18(5-9-22)27-24(10-33)28(37)39-30(25(27)11-34)46-16-21-13-43-29(38-21)19-2-6-20(32)7-3-19/h2-9,13,17,23H,12,14-16,35-36H2,1H3,(H2,37,39)/t17-,23-/m0/s1. The van der Waals surface area contributed by atoms with Crippen molar-refractivity contribution in [2.45, 2.75) is 29.8 Å². The molecule has 0 spiro atoms. The zero-order valence-electron chi connectivity index (χ0n) is 24.4. The summed E-state index contributed by atoms with van der Waals surface area (Å²) in [5.41, 5.74) is 19.4. The van der Waals surface area contributed by atoms with Gasteiger partial charge in [0.15, 0.2) is 6.10 Å². The summed E-state index contributed by atoms with van der Waals surface area (Å²) in [6, 6.07) is 16.9. The van der Waals surface area contributed by atoms with Gasteiger partial charge in [-0.15, -0.1) is 0 Å². The van der Waals surface area contributed by atoms with Gasteiger partial charge in [0, 0.05) is 21.9 Å². The summed E-state index contributed by atoms with van der Waals surface area (Å²) in [5, 5.41) is 20.9. The minimum Gasteiger partial charge on any atom is -0.490 e. The van der Waals surface area contributed by atoms with Gasteiger partial charge in [-0.3, -0.25) is 9.59 Å². The van der Waals surface area contributed by atoms with Crippen molar-refractivity contribution in [3.8, 4) is 40.5 Å². The number of nitriles is 2. The molecule has 0 fully saturated rings. The van der Waals surface area contributed by atoms with E-state index in [1.54, 1.807) is 48.5 Å². The molecule has 0 aliphatic heterocycles. The van der Waals surface area contributed by atoms with Gasteiger partial charge in [-0.25, -0.2) is 9.97 Å². The first kappa shape index (κ1) is 33.8. The van der Waals surface area contributed by atoms with Crippen molar-refractivity contribution in [3.63, 3.8) is 0 Å². The number of hydrogen-bond acceptors (Lipinski definition) is 14. The smallest absolute Gasteiger partial charge is 0.322 e. The first-order valence-electron chi connectivity index (χ1n) is 13.6. The van der Waals surface area contributed by atoms with Crippen molar-refractivity contribution in [2.75, 3.05) is 25.5 Å². The fourth-order valence-electron chi connectivity index (χ4n) is 4.00. The summed E-state index contributed by atoms with van der Waals surface area (Å²) in [6.45, 7) is 0.654. The largest absolute Gasteiger partial charge is 0.490 e. The number of ether oxygens (including phenoxy) is 3. The summed E-state index contributed by atoms with van der Waals surface area (Å²) in [7, 11) is 0. The van der Waals surface area contributed by atoms with E-state index in [9.17, 15) is 20.1 Å². The van der Waals surface area contributed by atoms with Crippen LogP contribution < -0.4 is 21.9 Å². The second kappa shape index (κ2) is 15.7. The number of aromatic nitrogens is 2. The van der Waals surface area contributed by atoms with E-state index in [-0.39, 0.29) is 36.7 Å². The molecule has 46 heavy (non-hydrogen) atoms. The van der Waals surface area contributed by atoms with Gasteiger partial charge in [0.2, 0.25) is 5.89 Å². The molecule has 0 bridgehead atoms. The fourth-order valence-corrected chi connectivity index (χ4v) is 4.99. The Bertz CT molecular complexity index is 1780. The minimum absolute atomic E-state index is 0.0350. The van der Waals surface area contributed by atoms with Gasteiger partial charge < -0.3 is 35.8 Å². The van der Waals surface area contributed by atoms with Gasteiger partial charge in [-0.1, -0.05) is 35.5 Å². The van der Waals surface area contributed by atoms with Crippen molar-refractivity contribution in [1.29, 1.82) is 10.5 Å². The van der Waals surface area contributed by atoms with Crippen LogP contribution >= 0.6 is 23.4 Å². The van der Waals surface area contributed by atoms with Gasteiger partial charge >= 0.3 is 11.9 Å². The van der Waals surface area contributed by atoms with E-state index >= 15 is 0 Å². The third-order valence-corrected chi connectivity index (χ3v) is 7.50. The minimum atomic E-state index is -0.944. The molecule has 2 heterocycles. The third-order valence-electron chi connectivity index (χ3n) is 6.24. The molecule has 2 aromatic carbocycles. The molecular formula is C31H28ClN7O6S. The first-order chi connectivity index (χ1) is 22.1. The number of benzene rings is 2. The van der Waals surface area contributed by atoms with Gasteiger partial charge in [-0.05, 0) is 48.9 Å². The average Bonchev–Trinajstić information content (AvgIpc) is 3.54. The van der Waals surface area contributed by atoms with Crippen LogP contribution in [-0.4, -0.2) is 53.8 Å². The fraction of sp³-hybridized carbons (Fsp3) is 0.226. The highest BCUT2D eigenvalue weighted by Gasteiger charge is 2.22. The van der Waals surface area contributed by atoms with E-state index in [0.29, 0.717) is 44.3 Å². The van der Waals surface area contributed by atoms with E-state index in [1.165, 1.54) is 24.9 Å². The monoisotopic (exact) mass is 661 g/mol. The number of nitrogens with zero attached hydrogens (tertiary/aromatic N) is 4. The van der Waals surface area contributed by atoms with Gasteiger partial charge in [0.1, 0.15) is 59.8 Å². The molecule has 2 atom stereocenters. The Labute approximate surface area is 273 Å². The number of rotatable bonds is 13. The Morgan fingerprint density at radius 3 is 2.33 bits per heavy atom. The van der Waals surface area contributed by atoms with E-state index in [0.717, 1.165) is 5.56 Å². The lowest BCUT2D eigenvalue weighted by Crippen LogP contribution is -2.36. The van der Waals surface area contributed by atoms with E-state index < -0.39 is 24.1 Å². The highest BCUT2D eigenvalue weighted by molar-refractivity contribution is 7.98. The number of nitrogens with two attached hydrogens (primary N) is 3. The average molecular weight is 662 g/mol. The van der Waals surface area contributed by atoms with Crippen LogP contribution in [0.3, 0.4) is 0 Å². The summed E-state index contributed by atoms with van der Waals surface area (Å²) >= 11 is 7.18. The molecule has 0 unspecified atom stereocenters. The van der Waals surface area contributed by atoms with Gasteiger partial charge in [0.05, 0.1) is 17.8 Å². The predicted octanol–water partition coefficient (Wildman–Crippen LogP) is 3.81. The predicted molar refractivity (Wildman–Crippen MR) is 169 cm³/mol. The van der Waals surface area contributed by atoms with Gasteiger partial charge in [0.25, 0.3) is 0 Å². The molecule has 4 rings (SSSR count). The van der Waals surface area contributed by atoms with Crippen LogP contribution in [0.25, 0.3) is 22.6 Å². The van der Waals surface area contributed by atoms with Crippen LogP contribution in [0.2, 0.25) is 5.02 Å². The van der Waals surface area contributed by atoms with Crippen molar-refractivity contribution in [2.24, 2.45) is 11.5 Å². The van der Waals surface area contributed by atoms with Crippen LogP contribution in [0.4, 0.5) is 5.82 Å². The number of nitrogen functional groups attached to an aromatic ring is 1. The van der Waals surface area contributed by atoms with Crippen molar-refractivity contribution < 1.29 is 28.2 Å². The van der Waals surface area contributed by atoms with Crippen LogP contribution in [-0.2, 0) is 24.8 Å². The Kier molecular flexibility index (Phi) is 11.6. The third kappa shape index (κ3) is 8.53. The van der Waals surface area contributed by atoms with E-state index in [1.807, 2.05) is 6.07 Å². The molecular weight excluding hydrogens is 634 g/mol.